The monoisotopic (exact) mass is 510 g/mol. The largest absolute Gasteiger partial charge is 0.493 e. The molecule has 0 heterocycles. The number of nitrogens with zero attached hydrogens (tertiary/aromatic N) is 1. The van der Waals surface area contributed by atoms with Crippen molar-refractivity contribution >= 4 is 50.8 Å². The van der Waals surface area contributed by atoms with Crippen LogP contribution in [0, 0.1) is 18.3 Å². The molecule has 0 radical (unpaired) electrons. The number of carbonyl (C=O) groups is 1. The molecule has 0 aromatic heterocycles. The lowest BCUT2D eigenvalue weighted by atomic mass is 10.0. The summed E-state index contributed by atoms with van der Waals surface area (Å²) in [6.07, 6.45) is 1.74. The van der Waals surface area contributed by atoms with Crippen molar-refractivity contribution in [1.29, 1.82) is 5.26 Å². The summed E-state index contributed by atoms with van der Waals surface area (Å²) in [6.45, 7) is 1.76. The lowest BCUT2D eigenvalue weighted by molar-refractivity contribution is -0.118. The maximum absolute atomic E-state index is 12.3. The smallest absolute Gasteiger partial charge is 0.262 e. The second-order valence-electron chi connectivity index (χ2n) is 6.92. The van der Waals surface area contributed by atoms with Gasteiger partial charge in [-0.05, 0) is 82.0 Å². The minimum atomic E-state index is -0.289. The first-order chi connectivity index (χ1) is 15.4. The molecule has 5 nitrogen and oxygen atoms in total. The number of amides is 1. The number of hydrogen-bond acceptors (Lipinski definition) is 4. The van der Waals surface area contributed by atoms with Crippen LogP contribution in [0.25, 0.3) is 11.6 Å². The van der Waals surface area contributed by atoms with Gasteiger partial charge in [0, 0.05) is 10.7 Å². The van der Waals surface area contributed by atoms with Crippen LogP contribution in [0.3, 0.4) is 0 Å². The van der Waals surface area contributed by atoms with Gasteiger partial charge in [0.05, 0.1) is 23.2 Å². The van der Waals surface area contributed by atoms with Crippen LogP contribution in [0.1, 0.15) is 16.7 Å². The SMILES string of the molecule is COc1cc(/C=C(\C#N)c2ccc(Cl)cc2)cc(Br)c1OCC(=O)Nc1cccc(C)c1. The van der Waals surface area contributed by atoms with Gasteiger partial charge < -0.3 is 14.8 Å². The van der Waals surface area contributed by atoms with Crippen LogP contribution in [0.15, 0.2) is 65.1 Å². The number of halogens is 2. The minimum Gasteiger partial charge on any atom is -0.493 e. The molecule has 1 N–H and O–H groups in total. The van der Waals surface area contributed by atoms with Crippen LogP contribution >= 0.6 is 27.5 Å². The third kappa shape index (κ3) is 6.13. The topological polar surface area (TPSA) is 71.3 Å². The zero-order valence-electron chi connectivity index (χ0n) is 17.5. The fraction of sp³-hybridized carbons (Fsp3) is 0.120. The van der Waals surface area contributed by atoms with Crippen molar-refractivity contribution in [3.63, 3.8) is 0 Å². The van der Waals surface area contributed by atoms with Crippen molar-refractivity contribution in [3.05, 3.63) is 86.8 Å². The Morgan fingerprint density at radius 1 is 1.19 bits per heavy atom. The van der Waals surface area contributed by atoms with Crippen LogP contribution < -0.4 is 14.8 Å². The number of ether oxygens (including phenoxy) is 2. The predicted octanol–water partition coefficient (Wildman–Crippen LogP) is 6.50. The predicted molar refractivity (Wildman–Crippen MR) is 131 cm³/mol. The summed E-state index contributed by atoms with van der Waals surface area (Å²) in [4.78, 5) is 12.3. The van der Waals surface area contributed by atoms with Gasteiger partial charge in [-0.25, -0.2) is 0 Å². The molecular weight excluding hydrogens is 492 g/mol. The number of nitrogens with one attached hydrogen (secondary N) is 1. The molecule has 0 bridgehead atoms. The van der Waals surface area contributed by atoms with Crippen LogP contribution in [-0.2, 0) is 4.79 Å². The summed E-state index contributed by atoms with van der Waals surface area (Å²) >= 11 is 9.41. The van der Waals surface area contributed by atoms with Gasteiger partial charge in [0.1, 0.15) is 0 Å². The van der Waals surface area contributed by atoms with Gasteiger partial charge in [-0.2, -0.15) is 5.26 Å². The highest BCUT2D eigenvalue weighted by molar-refractivity contribution is 9.10. The fourth-order valence-electron chi connectivity index (χ4n) is 3.00. The van der Waals surface area contributed by atoms with Crippen molar-refractivity contribution in [1.82, 2.24) is 0 Å². The molecular formula is C25H20BrClN2O3. The zero-order chi connectivity index (χ0) is 23.1. The van der Waals surface area contributed by atoms with Crippen molar-refractivity contribution in [2.24, 2.45) is 0 Å². The highest BCUT2D eigenvalue weighted by atomic mass is 79.9. The zero-order valence-corrected chi connectivity index (χ0v) is 19.8. The normalized spacial score (nSPS) is 10.9. The number of carbonyl (C=O) groups excluding carboxylic acids is 1. The summed E-state index contributed by atoms with van der Waals surface area (Å²) in [5, 5.41) is 13.0. The van der Waals surface area contributed by atoms with Gasteiger partial charge >= 0.3 is 0 Å². The molecule has 0 aliphatic carbocycles. The molecule has 3 rings (SSSR count). The molecule has 0 spiro atoms. The molecule has 0 saturated carbocycles. The van der Waals surface area contributed by atoms with E-state index in [-0.39, 0.29) is 12.5 Å². The second kappa shape index (κ2) is 10.9. The molecule has 32 heavy (non-hydrogen) atoms. The molecule has 3 aromatic carbocycles. The quantitative estimate of drug-likeness (QED) is 0.290. The van der Waals surface area contributed by atoms with E-state index in [1.54, 1.807) is 42.5 Å². The van der Waals surface area contributed by atoms with E-state index in [1.165, 1.54) is 7.11 Å². The van der Waals surface area contributed by atoms with Gasteiger partial charge in [0.25, 0.3) is 5.91 Å². The maximum atomic E-state index is 12.3. The van der Waals surface area contributed by atoms with Crippen molar-refractivity contribution < 1.29 is 14.3 Å². The second-order valence-corrected chi connectivity index (χ2v) is 8.21. The highest BCUT2D eigenvalue weighted by Crippen LogP contribution is 2.37. The van der Waals surface area contributed by atoms with Crippen LogP contribution in [0.5, 0.6) is 11.5 Å². The summed E-state index contributed by atoms with van der Waals surface area (Å²) in [6, 6.07) is 20.3. The molecule has 1 amide bonds. The van der Waals surface area contributed by atoms with Crippen LogP contribution in [-0.4, -0.2) is 19.6 Å². The number of hydrogen-bond donors (Lipinski definition) is 1. The Morgan fingerprint density at radius 2 is 1.94 bits per heavy atom. The Kier molecular flexibility index (Phi) is 7.93. The van der Waals surface area contributed by atoms with Crippen LogP contribution in [0.4, 0.5) is 5.69 Å². The Bertz CT molecular complexity index is 1200. The molecule has 3 aromatic rings. The molecule has 0 aliphatic rings. The molecule has 0 saturated heterocycles. The summed E-state index contributed by atoms with van der Waals surface area (Å²) < 4.78 is 11.8. The molecule has 0 aliphatic heterocycles. The average Bonchev–Trinajstić information content (AvgIpc) is 2.77. The highest BCUT2D eigenvalue weighted by Gasteiger charge is 2.14. The Morgan fingerprint density at radius 3 is 2.59 bits per heavy atom. The van der Waals surface area contributed by atoms with E-state index in [2.05, 4.69) is 27.3 Å². The fourth-order valence-corrected chi connectivity index (χ4v) is 3.70. The number of nitriles is 1. The minimum absolute atomic E-state index is 0.188. The third-order valence-corrected chi connectivity index (χ3v) is 5.33. The summed E-state index contributed by atoms with van der Waals surface area (Å²) in [5.74, 6) is 0.541. The summed E-state index contributed by atoms with van der Waals surface area (Å²) in [5.41, 5.74) is 3.71. The molecule has 0 fully saturated rings. The Balaban J connectivity index is 1.78. The van der Waals surface area contributed by atoms with E-state index in [1.807, 2.05) is 31.2 Å². The van der Waals surface area contributed by atoms with Crippen molar-refractivity contribution in [2.75, 3.05) is 19.0 Å². The number of methoxy groups -OCH3 is 1. The van der Waals surface area contributed by atoms with E-state index >= 15 is 0 Å². The average molecular weight is 512 g/mol. The van der Waals surface area contributed by atoms with E-state index in [9.17, 15) is 10.1 Å². The maximum Gasteiger partial charge on any atom is 0.262 e. The molecule has 0 atom stereocenters. The Labute approximate surface area is 200 Å². The van der Waals surface area contributed by atoms with Gasteiger partial charge in [0.15, 0.2) is 18.1 Å². The standard InChI is InChI=1S/C25H20BrClN2O3/c1-16-4-3-5-21(10-16)29-24(30)15-32-25-22(26)12-17(13-23(25)31-2)11-19(14-28)18-6-8-20(27)9-7-18/h3-13H,15H2,1-2H3,(H,29,30)/b19-11+. The van der Waals surface area contributed by atoms with Crippen molar-refractivity contribution in [2.45, 2.75) is 6.92 Å². The molecule has 0 unspecified atom stereocenters. The number of rotatable bonds is 7. The van der Waals surface area contributed by atoms with Crippen LogP contribution in [0.2, 0.25) is 5.02 Å². The Hall–Kier alpha value is -3.27. The molecule has 162 valence electrons. The first-order valence-corrected chi connectivity index (χ1v) is 10.8. The lowest BCUT2D eigenvalue weighted by Gasteiger charge is -2.14. The first-order valence-electron chi connectivity index (χ1n) is 9.64. The summed E-state index contributed by atoms with van der Waals surface area (Å²) in [7, 11) is 1.51. The number of allylic oxidation sites excluding steroid dienone is 1. The number of benzene rings is 3. The molecule has 7 heteroatoms. The van der Waals surface area contributed by atoms with E-state index in [0.29, 0.717) is 32.3 Å². The van der Waals surface area contributed by atoms with Gasteiger partial charge in [-0.1, -0.05) is 35.9 Å². The third-order valence-electron chi connectivity index (χ3n) is 4.49. The van der Waals surface area contributed by atoms with E-state index in [4.69, 9.17) is 21.1 Å². The van der Waals surface area contributed by atoms with E-state index in [0.717, 1.165) is 16.7 Å². The first kappa shape index (κ1) is 23.4. The lowest BCUT2D eigenvalue weighted by Crippen LogP contribution is -2.20. The van der Waals surface area contributed by atoms with Gasteiger partial charge in [-0.3, -0.25) is 4.79 Å². The number of aryl methyl sites for hydroxylation is 1. The van der Waals surface area contributed by atoms with Gasteiger partial charge in [0.2, 0.25) is 0 Å². The van der Waals surface area contributed by atoms with Crippen molar-refractivity contribution in [3.8, 4) is 17.6 Å². The van der Waals surface area contributed by atoms with Gasteiger partial charge in [-0.15, -0.1) is 0 Å². The van der Waals surface area contributed by atoms with E-state index < -0.39 is 0 Å². The number of anilines is 1.